The van der Waals surface area contributed by atoms with Gasteiger partial charge in [0.15, 0.2) is 0 Å². The van der Waals surface area contributed by atoms with E-state index in [4.69, 9.17) is 5.26 Å². The van der Waals surface area contributed by atoms with E-state index in [-0.39, 0.29) is 0 Å². The lowest BCUT2D eigenvalue weighted by atomic mass is 10.3. The summed E-state index contributed by atoms with van der Waals surface area (Å²) < 4.78 is 0. The van der Waals surface area contributed by atoms with Gasteiger partial charge in [0.1, 0.15) is 5.82 Å². The molecule has 0 bridgehead atoms. The molecule has 0 saturated heterocycles. The molecule has 1 N–H and O–H groups in total. The number of hydrogen-bond donors (Lipinski definition) is 1. The summed E-state index contributed by atoms with van der Waals surface area (Å²) in [6.45, 7) is 0.814. The molecule has 1 heterocycles. The van der Waals surface area contributed by atoms with Crippen molar-refractivity contribution >= 4 is 11.5 Å². The highest BCUT2D eigenvalue weighted by Gasteiger charge is 2.28. The molecule has 1 aliphatic carbocycles. The second-order valence-corrected chi connectivity index (χ2v) is 3.98. The van der Waals surface area contributed by atoms with Crippen LogP contribution in [0.15, 0.2) is 18.3 Å². The van der Waals surface area contributed by atoms with E-state index in [1.165, 1.54) is 12.8 Å². The van der Waals surface area contributed by atoms with Gasteiger partial charge in [-0.15, -0.1) is 0 Å². The number of aromatic nitrogens is 1. The highest BCUT2D eigenvalue weighted by molar-refractivity contribution is 5.55. The van der Waals surface area contributed by atoms with E-state index < -0.39 is 0 Å². The maximum Gasteiger partial charge on any atom is 0.127 e. The lowest BCUT2D eigenvalue weighted by molar-refractivity contribution is 0.792. The number of anilines is 2. The van der Waals surface area contributed by atoms with E-state index in [0.717, 1.165) is 18.1 Å². The van der Waals surface area contributed by atoms with Crippen molar-refractivity contribution in [1.29, 1.82) is 5.26 Å². The molecule has 1 aliphatic rings. The Bertz CT molecular complexity index is 392. The third-order valence-electron chi connectivity index (χ3n) is 2.78. The second-order valence-electron chi connectivity index (χ2n) is 3.98. The van der Waals surface area contributed by atoms with E-state index >= 15 is 0 Å². The first kappa shape index (κ1) is 10.7. The van der Waals surface area contributed by atoms with E-state index in [1.54, 1.807) is 0 Å². The maximum atomic E-state index is 8.66. The van der Waals surface area contributed by atoms with Gasteiger partial charge < -0.3 is 10.2 Å². The minimum atomic E-state index is 0.577. The predicted molar refractivity (Wildman–Crippen MR) is 64.4 cm³/mol. The van der Waals surface area contributed by atoms with Crippen molar-refractivity contribution in [2.45, 2.75) is 25.3 Å². The number of nitriles is 1. The molecule has 0 spiro atoms. The van der Waals surface area contributed by atoms with Gasteiger partial charge in [0.2, 0.25) is 0 Å². The SMILES string of the molecule is CNc1cc(N(CCC#N)C2CC2)ccn1. The van der Waals surface area contributed by atoms with Crippen molar-refractivity contribution in [2.75, 3.05) is 23.8 Å². The normalized spacial score (nSPS) is 14.2. The molecule has 4 heteroatoms. The van der Waals surface area contributed by atoms with Crippen LogP contribution in [0.25, 0.3) is 0 Å². The van der Waals surface area contributed by atoms with Crippen LogP contribution in [-0.4, -0.2) is 24.6 Å². The molecule has 4 nitrogen and oxygen atoms in total. The standard InChI is InChI=1S/C12H16N4/c1-14-12-9-11(5-7-15-12)16(8-2-6-13)10-3-4-10/h5,7,9-10H,2-4,8H2,1H3,(H,14,15). The smallest absolute Gasteiger partial charge is 0.127 e. The Morgan fingerprint density at radius 2 is 2.44 bits per heavy atom. The zero-order chi connectivity index (χ0) is 11.4. The average molecular weight is 216 g/mol. The van der Waals surface area contributed by atoms with Crippen molar-refractivity contribution in [2.24, 2.45) is 0 Å². The summed E-state index contributed by atoms with van der Waals surface area (Å²) in [7, 11) is 1.86. The van der Waals surface area contributed by atoms with Crippen LogP contribution >= 0.6 is 0 Å². The molecule has 0 aliphatic heterocycles. The van der Waals surface area contributed by atoms with Crippen LogP contribution in [0.5, 0.6) is 0 Å². The quantitative estimate of drug-likeness (QED) is 0.818. The van der Waals surface area contributed by atoms with Gasteiger partial charge >= 0.3 is 0 Å². The lowest BCUT2D eigenvalue weighted by Gasteiger charge is -2.23. The largest absolute Gasteiger partial charge is 0.373 e. The highest BCUT2D eigenvalue weighted by Crippen LogP contribution is 2.32. The van der Waals surface area contributed by atoms with Crippen molar-refractivity contribution in [3.63, 3.8) is 0 Å². The molecule has 0 aromatic carbocycles. The zero-order valence-corrected chi connectivity index (χ0v) is 9.48. The number of pyridine rings is 1. The van der Waals surface area contributed by atoms with Gasteiger partial charge in [-0.3, -0.25) is 0 Å². The summed E-state index contributed by atoms with van der Waals surface area (Å²) in [6.07, 6.45) is 4.86. The number of nitrogens with one attached hydrogen (secondary N) is 1. The summed E-state index contributed by atoms with van der Waals surface area (Å²) in [5.74, 6) is 0.875. The third-order valence-corrected chi connectivity index (χ3v) is 2.78. The van der Waals surface area contributed by atoms with Crippen LogP contribution in [0.3, 0.4) is 0 Å². The van der Waals surface area contributed by atoms with Crippen LogP contribution in [0.1, 0.15) is 19.3 Å². The molecule has 1 aromatic heterocycles. The van der Waals surface area contributed by atoms with E-state index in [2.05, 4.69) is 21.3 Å². The van der Waals surface area contributed by atoms with Crippen molar-refractivity contribution in [1.82, 2.24) is 4.98 Å². The molecule has 1 saturated carbocycles. The third kappa shape index (κ3) is 2.43. The van der Waals surface area contributed by atoms with Crippen LogP contribution in [0.2, 0.25) is 0 Å². The molecule has 0 unspecified atom stereocenters. The Balaban J connectivity index is 2.14. The van der Waals surface area contributed by atoms with E-state index in [0.29, 0.717) is 12.5 Å². The first-order chi connectivity index (χ1) is 7.85. The molecule has 0 atom stereocenters. The summed E-state index contributed by atoms with van der Waals surface area (Å²) in [4.78, 5) is 6.51. The number of nitrogens with zero attached hydrogens (tertiary/aromatic N) is 3. The van der Waals surface area contributed by atoms with Crippen LogP contribution in [-0.2, 0) is 0 Å². The highest BCUT2D eigenvalue weighted by atomic mass is 15.2. The summed E-state index contributed by atoms with van der Waals surface area (Å²) in [5.41, 5.74) is 1.16. The Hall–Kier alpha value is -1.76. The first-order valence-corrected chi connectivity index (χ1v) is 5.62. The lowest BCUT2D eigenvalue weighted by Crippen LogP contribution is -2.26. The molecule has 0 radical (unpaired) electrons. The van der Waals surface area contributed by atoms with Gasteiger partial charge in [0.05, 0.1) is 12.5 Å². The van der Waals surface area contributed by atoms with Gasteiger partial charge in [-0.25, -0.2) is 4.98 Å². The zero-order valence-electron chi connectivity index (χ0n) is 9.48. The fraction of sp³-hybridized carbons (Fsp3) is 0.500. The Morgan fingerprint density at radius 1 is 1.62 bits per heavy atom. The Morgan fingerprint density at radius 3 is 3.06 bits per heavy atom. The van der Waals surface area contributed by atoms with E-state index in [9.17, 15) is 0 Å². The summed E-state index contributed by atoms with van der Waals surface area (Å²) >= 11 is 0. The minimum Gasteiger partial charge on any atom is -0.373 e. The second kappa shape index (κ2) is 4.84. The fourth-order valence-corrected chi connectivity index (χ4v) is 1.81. The molecule has 1 aromatic rings. The van der Waals surface area contributed by atoms with Gasteiger partial charge in [0.25, 0.3) is 0 Å². The monoisotopic (exact) mass is 216 g/mol. The molecular weight excluding hydrogens is 200 g/mol. The molecular formula is C12H16N4. The fourth-order valence-electron chi connectivity index (χ4n) is 1.81. The van der Waals surface area contributed by atoms with Crippen LogP contribution in [0, 0.1) is 11.3 Å². The minimum absolute atomic E-state index is 0.577. The van der Waals surface area contributed by atoms with Crippen molar-refractivity contribution in [3.05, 3.63) is 18.3 Å². The summed E-state index contributed by atoms with van der Waals surface area (Å²) in [5, 5.41) is 11.7. The Labute approximate surface area is 95.9 Å². The average Bonchev–Trinajstić information content (AvgIpc) is 3.14. The molecule has 16 heavy (non-hydrogen) atoms. The molecule has 1 fully saturated rings. The molecule has 0 amide bonds. The van der Waals surface area contributed by atoms with Gasteiger partial charge in [0, 0.05) is 37.6 Å². The molecule has 2 rings (SSSR count). The topological polar surface area (TPSA) is 52.0 Å². The number of hydrogen-bond acceptors (Lipinski definition) is 4. The van der Waals surface area contributed by atoms with Gasteiger partial charge in [-0.1, -0.05) is 0 Å². The predicted octanol–water partition coefficient (Wildman–Crippen LogP) is 2.01. The van der Waals surface area contributed by atoms with Crippen molar-refractivity contribution < 1.29 is 0 Å². The van der Waals surface area contributed by atoms with Crippen LogP contribution < -0.4 is 10.2 Å². The first-order valence-electron chi connectivity index (χ1n) is 5.62. The van der Waals surface area contributed by atoms with E-state index in [1.807, 2.05) is 25.4 Å². The molecule has 84 valence electrons. The number of rotatable bonds is 5. The van der Waals surface area contributed by atoms with Gasteiger partial charge in [-0.2, -0.15) is 5.26 Å². The maximum absolute atomic E-state index is 8.66. The Kier molecular flexibility index (Phi) is 3.25. The van der Waals surface area contributed by atoms with Crippen molar-refractivity contribution in [3.8, 4) is 6.07 Å². The summed E-state index contributed by atoms with van der Waals surface area (Å²) in [6, 6.07) is 6.88. The van der Waals surface area contributed by atoms with Gasteiger partial charge in [-0.05, 0) is 18.9 Å². The van der Waals surface area contributed by atoms with Crippen LogP contribution in [0.4, 0.5) is 11.5 Å².